The minimum Gasteiger partial charge on any atom is -0.492 e. The van der Waals surface area contributed by atoms with Crippen LogP contribution in [0.2, 0.25) is 0 Å². The number of benzene rings is 2. The topological polar surface area (TPSA) is 36.3 Å². The summed E-state index contributed by atoms with van der Waals surface area (Å²) in [6, 6.07) is 18.3. The molecule has 0 atom stereocenters. The number of hydrogen-bond donors (Lipinski definition) is 0. The van der Waals surface area contributed by atoms with Gasteiger partial charge in [-0.3, -0.25) is 0 Å². The molecule has 0 fully saturated rings. The van der Waals surface area contributed by atoms with E-state index in [4.69, 9.17) is 10.00 Å². The normalized spacial score (nSPS) is 9.95. The summed E-state index contributed by atoms with van der Waals surface area (Å²) in [4.78, 5) is 2.18. The smallest absolute Gasteiger partial charge is 0.119 e. The van der Waals surface area contributed by atoms with Crippen LogP contribution in [0.25, 0.3) is 0 Å². The predicted molar refractivity (Wildman–Crippen MR) is 85.7 cm³/mol. The molecule has 0 saturated carbocycles. The number of likely N-dealkylation sites (N-methyl/N-ethyl adjacent to an activating group) is 1. The fraction of sp³-hybridized carbons (Fsp3) is 0.278. The highest BCUT2D eigenvalue weighted by Crippen LogP contribution is 2.15. The van der Waals surface area contributed by atoms with Gasteiger partial charge in [-0.1, -0.05) is 24.3 Å². The third-order valence-corrected chi connectivity index (χ3v) is 3.34. The maximum Gasteiger partial charge on any atom is 0.119 e. The molecular formula is C18H20N2O. The molecule has 2 rings (SSSR count). The molecule has 0 saturated heterocycles. The van der Waals surface area contributed by atoms with Gasteiger partial charge in [-0.2, -0.15) is 5.26 Å². The van der Waals surface area contributed by atoms with Crippen LogP contribution in [0, 0.1) is 18.3 Å². The summed E-state index contributed by atoms with van der Waals surface area (Å²) >= 11 is 0. The summed E-state index contributed by atoms with van der Waals surface area (Å²) in [7, 11) is 2.06. The quantitative estimate of drug-likeness (QED) is 0.811. The largest absolute Gasteiger partial charge is 0.492 e. The zero-order valence-corrected chi connectivity index (χ0v) is 12.5. The second-order valence-electron chi connectivity index (χ2n) is 5.09. The van der Waals surface area contributed by atoms with Gasteiger partial charge in [0.2, 0.25) is 0 Å². The number of hydrogen-bond acceptors (Lipinski definition) is 3. The highest BCUT2D eigenvalue weighted by atomic mass is 16.5. The van der Waals surface area contributed by atoms with Gasteiger partial charge in [0.05, 0.1) is 19.0 Å². The highest BCUT2D eigenvalue weighted by Gasteiger charge is 2.01. The second-order valence-corrected chi connectivity index (χ2v) is 5.09. The minimum absolute atomic E-state index is 0.441. The van der Waals surface area contributed by atoms with E-state index in [1.54, 1.807) is 0 Å². The maximum atomic E-state index is 8.63. The van der Waals surface area contributed by atoms with Crippen LogP contribution in [0.4, 0.5) is 5.69 Å². The second kappa shape index (κ2) is 7.35. The van der Waals surface area contributed by atoms with Crippen molar-refractivity contribution in [3.63, 3.8) is 0 Å². The first-order valence-electron chi connectivity index (χ1n) is 7.05. The van der Waals surface area contributed by atoms with Crippen molar-refractivity contribution in [1.82, 2.24) is 0 Å². The first kappa shape index (κ1) is 14.9. The lowest BCUT2D eigenvalue weighted by Crippen LogP contribution is -2.23. The predicted octanol–water partition coefficient (Wildman–Crippen LogP) is 3.58. The van der Waals surface area contributed by atoms with Crippen LogP contribution in [-0.4, -0.2) is 20.2 Å². The average Bonchev–Trinajstić information content (AvgIpc) is 2.49. The molecule has 0 bridgehead atoms. The van der Waals surface area contributed by atoms with E-state index in [1.165, 1.54) is 11.3 Å². The molecule has 0 heterocycles. The molecule has 0 N–H and O–H groups in total. The average molecular weight is 280 g/mol. The van der Waals surface area contributed by atoms with E-state index >= 15 is 0 Å². The van der Waals surface area contributed by atoms with Crippen molar-refractivity contribution in [1.29, 1.82) is 5.26 Å². The Hall–Kier alpha value is -2.47. The Balaban J connectivity index is 1.82. The standard InChI is InChI=1S/C18H20N2O/c1-15-4-3-5-17(14-15)20(2)12-13-21-18-8-6-16(7-9-18)10-11-19/h3-9,14H,10,12-13H2,1-2H3. The zero-order chi connectivity index (χ0) is 15.1. The van der Waals surface area contributed by atoms with E-state index in [0.29, 0.717) is 13.0 Å². The van der Waals surface area contributed by atoms with Crippen molar-refractivity contribution in [3.05, 3.63) is 59.7 Å². The molecule has 3 nitrogen and oxygen atoms in total. The highest BCUT2D eigenvalue weighted by molar-refractivity contribution is 5.47. The number of ether oxygens (including phenoxy) is 1. The summed E-state index contributed by atoms with van der Waals surface area (Å²) in [5.74, 6) is 0.842. The van der Waals surface area contributed by atoms with E-state index in [2.05, 4.69) is 49.2 Å². The van der Waals surface area contributed by atoms with Gasteiger partial charge in [0, 0.05) is 12.7 Å². The maximum absolute atomic E-state index is 8.63. The minimum atomic E-state index is 0.441. The Kier molecular flexibility index (Phi) is 5.22. The number of nitrogens with zero attached hydrogens (tertiary/aromatic N) is 2. The Labute approximate surface area is 126 Å². The SMILES string of the molecule is Cc1cccc(N(C)CCOc2ccc(CC#N)cc2)c1. The number of aryl methyl sites for hydroxylation is 1. The van der Waals surface area contributed by atoms with E-state index in [1.807, 2.05) is 24.3 Å². The first-order valence-corrected chi connectivity index (χ1v) is 7.05. The van der Waals surface area contributed by atoms with E-state index < -0.39 is 0 Å². The molecule has 0 unspecified atom stereocenters. The van der Waals surface area contributed by atoms with E-state index in [0.717, 1.165) is 17.9 Å². The fourth-order valence-corrected chi connectivity index (χ4v) is 2.09. The number of anilines is 1. The van der Waals surface area contributed by atoms with Gasteiger partial charge in [-0.25, -0.2) is 0 Å². The first-order chi connectivity index (χ1) is 10.2. The Morgan fingerprint density at radius 2 is 1.90 bits per heavy atom. The third kappa shape index (κ3) is 4.54. The molecule has 0 aliphatic rings. The molecule has 21 heavy (non-hydrogen) atoms. The molecule has 108 valence electrons. The molecule has 0 aliphatic heterocycles. The van der Waals surface area contributed by atoms with Crippen molar-refractivity contribution < 1.29 is 4.74 Å². The number of nitriles is 1. The molecule has 0 radical (unpaired) electrons. The van der Waals surface area contributed by atoms with Crippen LogP contribution >= 0.6 is 0 Å². The Morgan fingerprint density at radius 3 is 2.57 bits per heavy atom. The summed E-state index contributed by atoms with van der Waals surface area (Å²) in [5.41, 5.74) is 3.47. The lowest BCUT2D eigenvalue weighted by atomic mass is 10.2. The summed E-state index contributed by atoms with van der Waals surface area (Å²) < 4.78 is 5.74. The van der Waals surface area contributed by atoms with Crippen LogP contribution < -0.4 is 9.64 Å². The third-order valence-electron chi connectivity index (χ3n) is 3.34. The summed E-state index contributed by atoms with van der Waals surface area (Å²) in [5, 5.41) is 8.63. The fourth-order valence-electron chi connectivity index (χ4n) is 2.09. The van der Waals surface area contributed by atoms with Crippen molar-refractivity contribution >= 4 is 5.69 Å². The van der Waals surface area contributed by atoms with Gasteiger partial charge in [-0.15, -0.1) is 0 Å². The van der Waals surface area contributed by atoms with Crippen LogP contribution in [0.5, 0.6) is 5.75 Å². The van der Waals surface area contributed by atoms with Crippen LogP contribution in [-0.2, 0) is 6.42 Å². The van der Waals surface area contributed by atoms with Crippen molar-refractivity contribution in [3.8, 4) is 11.8 Å². The van der Waals surface area contributed by atoms with Gasteiger partial charge in [0.1, 0.15) is 12.4 Å². The van der Waals surface area contributed by atoms with Gasteiger partial charge in [0.15, 0.2) is 0 Å². The summed E-state index contributed by atoms with van der Waals surface area (Å²) in [6.45, 7) is 3.54. The van der Waals surface area contributed by atoms with Crippen LogP contribution in [0.15, 0.2) is 48.5 Å². The van der Waals surface area contributed by atoms with Crippen LogP contribution in [0.3, 0.4) is 0 Å². The van der Waals surface area contributed by atoms with Gasteiger partial charge >= 0.3 is 0 Å². The summed E-state index contributed by atoms with van der Waals surface area (Å²) in [6.07, 6.45) is 0.441. The number of rotatable bonds is 6. The van der Waals surface area contributed by atoms with Gasteiger partial charge in [-0.05, 0) is 42.3 Å². The van der Waals surface area contributed by atoms with E-state index in [9.17, 15) is 0 Å². The van der Waals surface area contributed by atoms with E-state index in [-0.39, 0.29) is 0 Å². The van der Waals surface area contributed by atoms with Gasteiger partial charge in [0.25, 0.3) is 0 Å². The molecular weight excluding hydrogens is 260 g/mol. The lowest BCUT2D eigenvalue weighted by molar-refractivity contribution is 0.326. The van der Waals surface area contributed by atoms with Crippen molar-refractivity contribution in [2.45, 2.75) is 13.3 Å². The van der Waals surface area contributed by atoms with Crippen LogP contribution in [0.1, 0.15) is 11.1 Å². The monoisotopic (exact) mass is 280 g/mol. The Bertz CT molecular complexity index is 614. The Morgan fingerprint density at radius 1 is 1.14 bits per heavy atom. The molecule has 2 aromatic carbocycles. The van der Waals surface area contributed by atoms with Crippen molar-refractivity contribution in [2.75, 3.05) is 25.1 Å². The molecule has 0 aromatic heterocycles. The molecule has 0 aliphatic carbocycles. The molecule has 3 heteroatoms. The molecule has 0 spiro atoms. The molecule has 2 aromatic rings. The zero-order valence-electron chi connectivity index (χ0n) is 12.5. The van der Waals surface area contributed by atoms with Gasteiger partial charge < -0.3 is 9.64 Å². The lowest BCUT2D eigenvalue weighted by Gasteiger charge is -2.20. The van der Waals surface area contributed by atoms with Crippen molar-refractivity contribution in [2.24, 2.45) is 0 Å². The molecule has 0 amide bonds.